The fraction of sp³-hybridized carbons (Fsp3) is 0.750. The topological polar surface area (TPSA) is 34.1 Å². The number of ether oxygens (including phenoxy) is 1. The Morgan fingerprint density at radius 2 is 2.25 bits per heavy atom. The summed E-state index contributed by atoms with van der Waals surface area (Å²) in [4.78, 5) is 4.31. The van der Waals surface area contributed by atoms with Gasteiger partial charge in [0.1, 0.15) is 0 Å². The number of hydrogen-bond donors (Lipinski definition) is 1. The summed E-state index contributed by atoms with van der Waals surface area (Å²) in [5.41, 5.74) is -0.0729. The van der Waals surface area contributed by atoms with Crippen molar-refractivity contribution >= 4 is 11.3 Å². The highest BCUT2D eigenvalue weighted by atomic mass is 32.1. The smallest absolute Gasteiger partial charge is 0.0941 e. The molecular weight excluding hydrogens is 220 g/mol. The SMILES string of the molecule is CCNC(COC(C)(C)C)Cc1nccs1. The van der Waals surface area contributed by atoms with Crippen LogP contribution < -0.4 is 5.32 Å². The molecule has 0 amide bonds. The first-order chi connectivity index (χ1) is 7.51. The first kappa shape index (κ1) is 13.6. The van der Waals surface area contributed by atoms with Crippen molar-refractivity contribution in [2.24, 2.45) is 0 Å². The maximum absolute atomic E-state index is 5.81. The van der Waals surface area contributed by atoms with Gasteiger partial charge in [-0.15, -0.1) is 11.3 Å². The van der Waals surface area contributed by atoms with Gasteiger partial charge in [0.25, 0.3) is 0 Å². The molecular formula is C12H22N2OS. The molecule has 16 heavy (non-hydrogen) atoms. The van der Waals surface area contributed by atoms with E-state index < -0.39 is 0 Å². The monoisotopic (exact) mass is 242 g/mol. The molecule has 1 aromatic heterocycles. The number of nitrogens with one attached hydrogen (secondary N) is 1. The third kappa shape index (κ3) is 5.58. The van der Waals surface area contributed by atoms with Gasteiger partial charge in [0.05, 0.1) is 17.2 Å². The molecule has 0 spiro atoms. The van der Waals surface area contributed by atoms with Crippen LogP contribution in [0.1, 0.15) is 32.7 Å². The summed E-state index contributed by atoms with van der Waals surface area (Å²) in [6, 6.07) is 0.357. The summed E-state index contributed by atoms with van der Waals surface area (Å²) in [7, 11) is 0. The predicted octanol–water partition coefficient (Wildman–Crippen LogP) is 2.48. The second kappa shape index (κ2) is 6.33. The summed E-state index contributed by atoms with van der Waals surface area (Å²) in [5, 5.41) is 6.62. The molecule has 1 aromatic rings. The van der Waals surface area contributed by atoms with Gasteiger partial charge in [-0.2, -0.15) is 0 Å². The van der Waals surface area contributed by atoms with Gasteiger partial charge in [-0.1, -0.05) is 6.92 Å². The van der Waals surface area contributed by atoms with Crippen LogP contribution in [-0.4, -0.2) is 29.8 Å². The van der Waals surface area contributed by atoms with E-state index in [0.717, 1.165) is 19.6 Å². The Morgan fingerprint density at radius 3 is 2.75 bits per heavy atom. The Labute approximate surface area is 102 Å². The summed E-state index contributed by atoms with van der Waals surface area (Å²) in [5.74, 6) is 0. The fourth-order valence-electron chi connectivity index (χ4n) is 1.39. The average Bonchev–Trinajstić information content (AvgIpc) is 2.66. The van der Waals surface area contributed by atoms with E-state index in [0.29, 0.717) is 6.04 Å². The molecule has 1 atom stereocenters. The molecule has 1 rings (SSSR count). The molecule has 3 nitrogen and oxygen atoms in total. The first-order valence-corrected chi connectivity index (χ1v) is 6.65. The summed E-state index contributed by atoms with van der Waals surface area (Å²) < 4.78 is 5.81. The van der Waals surface area contributed by atoms with Gasteiger partial charge in [0.15, 0.2) is 0 Å². The van der Waals surface area contributed by atoms with E-state index in [9.17, 15) is 0 Å². The van der Waals surface area contributed by atoms with E-state index in [4.69, 9.17) is 4.74 Å². The van der Waals surface area contributed by atoms with Crippen molar-refractivity contribution in [2.45, 2.75) is 45.8 Å². The number of rotatable bonds is 6. The maximum atomic E-state index is 5.81. The van der Waals surface area contributed by atoms with E-state index in [-0.39, 0.29) is 5.60 Å². The predicted molar refractivity (Wildman–Crippen MR) is 69.0 cm³/mol. The second-order valence-corrected chi connectivity index (χ2v) is 5.79. The molecule has 0 aromatic carbocycles. The lowest BCUT2D eigenvalue weighted by molar-refractivity contribution is -0.0141. The molecule has 1 heterocycles. The zero-order valence-corrected chi connectivity index (χ0v) is 11.4. The Bertz CT molecular complexity index is 280. The summed E-state index contributed by atoms with van der Waals surface area (Å²) in [6.45, 7) is 10.1. The molecule has 92 valence electrons. The van der Waals surface area contributed by atoms with Gasteiger partial charge in [-0.3, -0.25) is 0 Å². The van der Waals surface area contributed by atoms with Crippen LogP contribution in [-0.2, 0) is 11.2 Å². The average molecular weight is 242 g/mol. The van der Waals surface area contributed by atoms with Crippen LogP contribution in [0.2, 0.25) is 0 Å². The van der Waals surface area contributed by atoms with Crippen LogP contribution in [0.4, 0.5) is 0 Å². The van der Waals surface area contributed by atoms with Crippen LogP contribution in [0.5, 0.6) is 0 Å². The van der Waals surface area contributed by atoms with Crippen molar-refractivity contribution in [1.82, 2.24) is 10.3 Å². The third-order valence-electron chi connectivity index (χ3n) is 2.11. The standard InChI is InChI=1S/C12H22N2OS/c1-5-13-10(9-15-12(2,3)4)8-11-14-6-7-16-11/h6-7,10,13H,5,8-9H2,1-4H3. The minimum absolute atomic E-state index is 0.0729. The molecule has 1 N–H and O–H groups in total. The normalized spacial score (nSPS) is 14.0. The maximum Gasteiger partial charge on any atom is 0.0941 e. The molecule has 0 aliphatic carbocycles. The molecule has 1 unspecified atom stereocenters. The number of aromatic nitrogens is 1. The Hall–Kier alpha value is -0.450. The largest absolute Gasteiger partial charge is 0.374 e. The zero-order chi connectivity index (χ0) is 12.0. The van der Waals surface area contributed by atoms with Crippen molar-refractivity contribution < 1.29 is 4.74 Å². The minimum atomic E-state index is -0.0729. The Kier molecular flexibility index (Phi) is 5.38. The first-order valence-electron chi connectivity index (χ1n) is 5.77. The third-order valence-corrected chi connectivity index (χ3v) is 2.92. The van der Waals surface area contributed by atoms with Gasteiger partial charge in [-0.25, -0.2) is 4.98 Å². The van der Waals surface area contributed by atoms with Crippen molar-refractivity contribution in [3.63, 3.8) is 0 Å². The molecule has 0 saturated heterocycles. The number of thiazole rings is 1. The molecule has 4 heteroatoms. The Morgan fingerprint density at radius 1 is 1.50 bits per heavy atom. The number of nitrogens with zero attached hydrogens (tertiary/aromatic N) is 1. The molecule has 0 aliphatic heterocycles. The minimum Gasteiger partial charge on any atom is -0.374 e. The van der Waals surface area contributed by atoms with Gasteiger partial charge >= 0.3 is 0 Å². The van der Waals surface area contributed by atoms with E-state index in [1.165, 1.54) is 5.01 Å². The van der Waals surface area contributed by atoms with E-state index in [1.807, 2.05) is 11.6 Å². The van der Waals surface area contributed by atoms with Crippen molar-refractivity contribution in [1.29, 1.82) is 0 Å². The van der Waals surface area contributed by atoms with Gasteiger partial charge in [-0.05, 0) is 27.3 Å². The summed E-state index contributed by atoms with van der Waals surface area (Å²) in [6.07, 6.45) is 2.80. The van der Waals surface area contributed by atoms with Gasteiger partial charge in [0.2, 0.25) is 0 Å². The van der Waals surface area contributed by atoms with Crippen molar-refractivity contribution in [3.05, 3.63) is 16.6 Å². The van der Waals surface area contributed by atoms with Crippen LogP contribution >= 0.6 is 11.3 Å². The number of likely N-dealkylation sites (N-methyl/N-ethyl adjacent to an activating group) is 1. The van der Waals surface area contributed by atoms with Crippen LogP contribution in [0.25, 0.3) is 0 Å². The zero-order valence-electron chi connectivity index (χ0n) is 10.6. The lowest BCUT2D eigenvalue weighted by Crippen LogP contribution is -2.38. The highest BCUT2D eigenvalue weighted by Crippen LogP contribution is 2.11. The fourth-order valence-corrected chi connectivity index (χ4v) is 2.09. The lowest BCUT2D eigenvalue weighted by Gasteiger charge is -2.24. The highest BCUT2D eigenvalue weighted by molar-refractivity contribution is 7.09. The second-order valence-electron chi connectivity index (χ2n) is 4.81. The van der Waals surface area contributed by atoms with Gasteiger partial charge in [0, 0.05) is 24.0 Å². The quantitative estimate of drug-likeness (QED) is 0.832. The van der Waals surface area contributed by atoms with Gasteiger partial charge < -0.3 is 10.1 Å². The molecule has 0 bridgehead atoms. The Balaban J connectivity index is 2.41. The highest BCUT2D eigenvalue weighted by Gasteiger charge is 2.15. The molecule has 0 aliphatic rings. The van der Waals surface area contributed by atoms with Crippen LogP contribution in [0.15, 0.2) is 11.6 Å². The van der Waals surface area contributed by atoms with Crippen LogP contribution in [0, 0.1) is 0 Å². The molecule has 0 saturated carbocycles. The molecule has 0 fully saturated rings. The van der Waals surface area contributed by atoms with Crippen molar-refractivity contribution in [3.8, 4) is 0 Å². The number of hydrogen-bond acceptors (Lipinski definition) is 4. The summed E-state index contributed by atoms with van der Waals surface area (Å²) >= 11 is 1.70. The van der Waals surface area contributed by atoms with E-state index in [2.05, 4.69) is 38.0 Å². The molecule has 0 radical (unpaired) electrons. The van der Waals surface area contributed by atoms with E-state index in [1.54, 1.807) is 11.3 Å². The van der Waals surface area contributed by atoms with Crippen molar-refractivity contribution in [2.75, 3.05) is 13.2 Å². The van der Waals surface area contributed by atoms with E-state index >= 15 is 0 Å². The lowest BCUT2D eigenvalue weighted by atomic mass is 10.1. The van der Waals surface area contributed by atoms with Crippen LogP contribution in [0.3, 0.4) is 0 Å².